The van der Waals surface area contributed by atoms with Gasteiger partial charge in [0, 0.05) is 31.9 Å². The molecular formula is C16H29N5. The summed E-state index contributed by atoms with van der Waals surface area (Å²) in [5.74, 6) is 1.63. The van der Waals surface area contributed by atoms with Crippen molar-refractivity contribution >= 4 is 11.8 Å². The van der Waals surface area contributed by atoms with Gasteiger partial charge < -0.3 is 15.5 Å². The van der Waals surface area contributed by atoms with Crippen molar-refractivity contribution in [3.05, 3.63) is 12.3 Å². The van der Waals surface area contributed by atoms with Crippen molar-refractivity contribution in [3.8, 4) is 0 Å². The van der Waals surface area contributed by atoms with Crippen LogP contribution in [0.3, 0.4) is 0 Å². The third-order valence-corrected chi connectivity index (χ3v) is 4.06. The van der Waals surface area contributed by atoms with Gasteiger partial charge in [-0.2, -0.15) is 4.98 Å². The first-order valence-electron chi connectivity index (χ1n) is 8.34. The van der Waals surface area contributed by atoms with Crippen molar-refractivity contribution in [2.45, 2.75) is 52.0 Å². The van der Waals surface area contributed by atoms with E-state index in [0.717, 1.165) is 37.8 Å². The predicted octanol–water partition coefficient (Wildman–Crippen LogP) is 2.97. The highest BCUT2D eigenvalue weighted by Gasteiger charge is 2.16. The standard InChI is InChI=1S/C16H29N5/c1-3-9-18-16-19-11-8-15(20-16)17-10-6-13-21-12-5-4-7-14(21)2/h8,11,14H,3-7,9-10,12-13H2,1-2H3,(H2,17,18,19,20). The summed E-state index contributed by atoms with van der Waals surface area (Å²) >= 11 is 0. The summed E-state index contributed by atoms with van der Waals surface area (Å²) < 4.78 is 0. The van der Waals surface area contributed by atoms with Crippen molar-refractivity contribution in [2.75, 3.05) is 36.8 Å². The Morgan fingerprint density at radius 3 is 3.00 bits per heavy atom. The van der Waals surface area contributed by atoms with Crippen molar-refractivity contribution in [1.29, 1.82) is 0 Å². The number of piperidine rings is 1. The van der Waals surface area contributed by atoms with E-state index in [0.29, 0.717) is 5.95 Å². The Balaban J connectivity index is 1.68. The van der Waals surface area contributed by atoms with E-state index in [1.807, 2.05) is 6.07 Å². The van der Waals surface area contributed by atoms with E-state index in [-0.39, 0.29) is 0 Å². The second-order valence-electron chi connectivity index (χ2n) is 5.85. The van der Waals surface area contributed by atoms with Gasteiger partial charge in [-0.3, -0.25) is 0 Å². The SMILES string of the molecule is CCCNc1nccc(NCCCN2CCCCC2C)n1. The molecule has 21 heavy (non-hydrogen) atoms. The topological polar surface area (TPSA) is 53.1 Å². The lowest BCUT2D eigenvalue weighted by Crippen LogP contribution is -2.38. The van der Waals surface area contributed by atoms with E-state index in [4.69, 9.17) is 0 Å². The molecule has 2 rings (SSSR count). The third kappa shape index (κ3) is 5.50. The normalized spacial score (nSPS) is 19.4. The smallest absolute Gasteiger partial charge is 0.224 e. The Hall–Kier alpha value is -1.36. The molecule has 1 aliphatic rings. The van der Waals surface area contributed by atoms with Gasteiger partial charge in [-0.05, 0) is 45.2 Å². The Labute approximate surface area is 128 Å². The molecule has 1 aromatic rings. The fourth-order valence-electron chi connectivity index (χ4n) is 2.77. The van der Waals surface area contributed by atoms with Crippen molar-refractivity contribution < 1.29 is 0 Å². The molecule has 5 heteroatoms. The van der Waals surface area contributed by atoms with Crippen LogP contribution in [0.25, 0.3) is 0 Å². The zero-order valence-electron chi connectivity index (χ0n) is 13.4. The molecule has 118 valence electrons. The fraction of sp³-hybridized carbons (Fsp3) is 0.750. The zero-order valence-corrected chi connectivity index (χ0v) is 13.4. The maximum atomic E-state index is 4.46. The summed E-state index contributed by atoms with van der Waals surface area (Å²) in [4.78, 5) is 11.3. The molecule has 0 bridgehead atoms. The Kier molecular flexibility index (Phi) is 6.73. The van der Waals surface area contributed by atoms with Gasteiger partial charge in [-0.1, -0.05) is 13.3 Å². The molecule has 1 saturated heterocycles. The van der Waals surface area contributed by atoms with Crippen LogP contribution in [0.15, 0.2) is 12.3 Å². The molecule has 0 radical (unpaired) electrons. The number of likely N-dealkylation sites (tertiary alicyclic amines) is 1. The molecule has 2 N–H and O–H groups in total. The van der Waals surface area contributed by atoms with Crippen LogP contribution >= 0.6 is 0 Å². The zero-order chi connectivity index (χ0) is 14.9. The number of aromatic nitrogens is 2. The van der Waals surface area contributed by atoms with Crippen LogP contribution in [0.1, 0.15) is 46.0 Å². The maximum absolute atomic E-state index is 4.46. The maximum Gasteiger partial charge on any atom is 0.224 e. The quantitative estimate of drug-likeness (QED) is 0.721. The van der Waals surface area contributed by atoms with Gasteiger partial charge in [-0.25, -0.2) is 4.98 Å². The second kappa shape index (κ2) is 8.82. The molecule has 1 unspecified atom stereocenters. The van der Waals surface area contributed by atoms with Gasteiger partial charge >= 0.3 is 0 Å². The van der Waals surface area contributed by atoms with Crippen LogP contribution in [0.4, 0.5) is 11.8 Å². The Bertz CT molecular complexity index is 409. The molecule has 0 aromatic carbocycles. The van der Waals surface area contributed by atoms with E-state index in [1.54, 1.807) is 6.20 Å². The number of anilines is 2. The van der Waals surface area contributed by atoms with Gasteiger partial charge in [0.05, 0.1) is 0 Å². The fourth-order valence-corrected chi connectivity index (χ4v) is 2.77. The van der Waals surface area contributed by atoms with Crippen molar-refractivity contribution in [3.63, 3.8) is 0 Å². The van der Waals surface area contributed by atoms with Gasteiger partial charge in [0.2, 0.25) is 5.95 Å². The second-order valence-corrected chi connectivity index (χ2v) is 5.85. The predicted molar refractivity (Wildman–Crippen MR) is 88.8 cm³/mol. The highest BCUT2D eigenvalue weighted by atomic mass is 15.2. The van der Waals surface area contributed by atoms with Crippen LogP contribution in [0.5, 0.6) is 0 Å². The number of nitrogens with one attached hydrogen (secondary N) is 2. The lowest BCUT2D eigenvalue weighted by atomic mass is 10.0. The Morgan fingerprint density at radius 2 is 2.19 bits per heavy atom. The van der Waals surface area contributed by atoms with Gasteiger partial charge in [0.1, 0.15) is 5.82 Å². The highest BCUT2D eigenvalue weighted by Crippen LogP contribution is 2.16. The lowest BCUT2D eigenvalue weighted by Gasteiger charge is -2.33. The van der Waals surface area contributed by atoms with E-state index < -0.39 is 0 Å². The Morgan fingerprint density at radius 1 is 1.29 bits per heavy atom. The van der Waals surface area contributed by atoms with Crippen LogP contribution in [0, 0.1) is 0 Å². The first-order chi connectivity index (χ1) is 10.3. The van der Waals surface area contributed by atoms with Crippen LogP contribution in [-0.2, 0) is 0 Å². The van der Waals surface area contributed by atoms with E-state index in [9.17, 15) is 0 Å². The largest absolute Gasteiger partial charge is 0.370 e. The van der Waals surface area contributed by atoms with Crippen molar-refractivity contribution in [2.24, 2.45) is 0 Å². The first-order valence-corrected chi connectivity index (χ1v) is 8.34. The minimum absolute atomic E-state index is 0.714. The van der Waals surface area contributed by atoms with Crippen molar-refractivity contribution in [1.82, 2.24) is 14.9 Å². The summed E-state index contributed by atoms with van der Waals surface area (Å²) in [5, 5.41) is 6.61. The number of hydrogen-bond acceptors (Lipinski definition) is 5. The number of hydrogen-bond donors (Lipinski definition) is 2. The summed E-state index contributed by atoms with van der Waals surface area (Å²) in [6.45, 7) is 8.81. The first kappa shape index (κ1) is 16.0. The highest BCUT2D eigenvalue weighted by molar-refractivity contribution is 5.39. The average molecular weight is 291 g/mol. The van der Waals surface area contributed by atoms with Gasteiger partial charge in [-0.15, -0.1) is 0 Å². The minimum Gasteiger partial charge on any atom is -0.370 e. The average Bonchev–Trinajstić information content (AvgIpc) is 2.51. The van der Waals surface area contributed by atoms with Crippen LogP contribution < -0.4 is 10.6 Å². The van der Waals surface area contributed by atoms with Crippen LogP contribution in [-0.4, -0.2) is 47.1 Å². The summed E-state index contributed by atoms with van der Waals surface area (Å²) in [5.41, 5.74) is 0. The molecule has 0 spiro atoms. The number of rotatable bonds is 8. The van der Waals surface area contributed by atoms with E-state index >= 15 is 0 Å². The molecule has 1 aromatic heterocycles. The monoisotopic (exact) mass is 291 g/mol. The lowest BCUT2D eigenvalue weighted by molar-refractivity contribution is 0.160. The van der Waals surface area contributed by atoms with E-state index in [2.05, 4.69) is 39.3 Å². The van der Waals surface area contributed by atoms with Gasteiger partial charge in [0.25, 0.3) is 0 Å². The summed E-state index contributed by atoms with van der Waals surface area (Å²) in [6, 6.07) is 2.68. The summed E-state index contributed by atoms with van der Waals surface area (Å²) in [7, 11) is 0. The molecule has 1 atom stereocenters. The number of nitrogens with zero attached hydrogens (tertiary/aromatic N) is 3. The van der Waals surface area contributed by atoms with Crippen LogP contribution in [0.2, 0.25) is 0 Å². The third-order valence-electron chi connectivity index (χ3n) is 4.06. The van der Waals surface area contributed by atoms with Gasteiger partial charge in [0.15, 0.2) is 0 Å². The molecule has 1 fully saturated rings. The minimum atomic E-state index is 0.714. The molecule has 0 saturated carbocycles. The molecule has 0 aliphatic carbocycles. The summed E-state index contributed by atoms with van der Waals surface area (Å²) in [6.07, 6.45) is 8.15. The van der Waals surface area contributed by atoms with E-state index in [1.165, 1.54) is 32.4 Å². The molecule has 5 nitrogen and oxygen atoms in total. The molecule has 1 aliphatic heterocycles. The molecule has 2 heterocycles. The molecule has 0 amide bonds. The molecular weight excluding hydrogens is 262 g/mol.